The first-order valence-electron chi connectivity index (χ1n) is 11.7. The molecule has 0 aromatic heterocycles. The van der Waals surface area contributed by atoms with E-state index in [1.807, 2.05) is 0 Å². The van der Waals surface area contributed by atoms with Crippen LogP contribution in [0.3, 0.4) is 0 Å². The molecule has 0 unspecified atom stereocenters. The van der Waals surface area contributed by atoms with Crippen molar-refractivity contribution in [3.05, 3.63) is 40.9 Å². The van der Waals surface area contributed by atoms with Crippen LogP contribution in [0.5, 0.6) is 0 Å². The van der Waals surface area contributed by atoms with Crippen LogP contribution in [0.4, 0.5) is 0 Å². The summed E-state index contributed by atoms with van der Waals surface area (Å²) in [5.74, 6) is 0. The molecule has 0 amide bonds. The van der Waals surface area contributed by atoms with Gasteiger partial charge in [-0.15, -0.1) is 0 Å². The lowest BCUT2D eigenvalue weighted by Gasteiger charge is -2.34. The van der Waals surface area contributed by atoms with Crippen LogP contribution in [-0.2, 0) is 14.8 Å². The van der Waals surface area contributed by atoms with E-state index in [0.29, 0.717) is 4.90 Å². The van der Waals surface area contributed by atoms with E-state index in [4.69, 9.17) is 4.74 Å². The summed E-state index contributed by atoms with van der Waals surface area (Å²) in [6.45, 7) is 4.37. The highest BCUT2D eigenvalue weighted by Crippen LogP contribution is 2.28. The van der Waals surface area contributed by atoms with Crippen molar-refractivity contribution in [3.8, 4) is 0 Å². The van der Waals surface area contributed by atoms with Gasteiger partial charge in [-0.2, -0.15) is 4.31 Å². The van der Waals surface area contributed by atoms with E-state index in [9.17, 15) is 8.42 Å². The van der Waals surface area contributed by atoms with Gasteiger partial charge in [-0.05, 0) is 75.8 Å². The van der Waals surface area contributed by atoms with Crippen LogP contribution in [-0.4, -0.2) is 63.1 Å². The molecule has 174 valence electrons. The molecule has 1 fully saturated rings. The normalized spacial score (nSPS) is 22.8. The first kappa shape index (κ1) is 24.9. The van der Waals surface area contributed by atoms with E-state index in [1.165, 1.54) is 38.8 Å². The van der Waals surface area contributed by atoms with E-state index >= 15 is 0 Å². The molecule has 0 radical (unpaired) electrons. The van der Waals surface area contributed by atoms with Crippen LogP contribution in [0.1, 0.15) is 57.8 Å². The van der Waals surface area contributed by atoms with Gasteiger partial charge in [0.15, 0.2) is 0 Å². The summed E-state index contributed by atoms with van der Waals surface area (Å²) >= 11 is 3.36. The number of halogens is 1. The van der Waals surface area contributed by atoms with Crippen molar-refractivity contribution in [2.45, 2.75) is 74.8 Å². The second-order valence-corrected chi connectivity index (χ2v) is 11.7. The van der Waals surface area contributed by atoms with Crippen LogP contribution in [0.2, 0.25) is 0 Å². The summed E-state index contributed by atoms with van der Waals surface area (Å²) in [6, 6.07) is 6.92. The van der Waals surface area contributed by atoms with Crippen LogP contribution in [0.25, 0.3) is 0 Å². The minimum absolute atomic E-state index is 0.0538. The zero-order chi connectivity index (χ0) is 22.1. The third-order valence-corrected chi connectivity index (χ3v) is 8.97. The van der Waals surface area contributed by atoms with Gasteiger partial charge in [-0.3, -0.25) is 4.90 Å². The third kappa shape index (κ3) is 7.67. The Morgan fingerprint density at radius 2 is 1.74 bits per heavy atom. The van der Waals surface area contributed by atoms with Crippen molar-refractivity contribution in [1.82, 2.24) is 9.21 Å². The van der Waals surface area contributed by atoms with Crippen molar-refractivity contribution in [1.29, 1.82) is 0 Å². The van der Waals surface area contributed by atoms with Crippen molar-refractivity contribution < 1.29 is 13.2 Å². The molecule has 1 aromatic carbocycles. The Bertz CT molecular complexity index is 790. The van der Waals surface area contributed by atoms with Crippen molar-refractivity contribution in [2.75, 3.05) is 33.3 Å². The van der Waals surface area contributed by atoms with Gasteiger partial charge >= 0.3 is 0 Å². The zero-order valence-electron chi connectivity index (χ0n) is 18.7. The average molecular weight is 514 g/mol. The summed E-state index contributed by atoms with van der Waals surface area (Å²) in [5.41, 5.74) is 0. The molecule has 0 saturated heterocycles. The molecular weight excluding hydrogens is 476 g/mol. The molecular formula is C24H37BrN2O3S. The van der Waals surface area contributed by atoms with Gasteiger partial charge in [0.05, 0.1) is 11.0 Å². The van der Waals surface area contributed by atoms with E-state index < -0.39 is 10.0 Å². The Labute approximate surface area is 197 Å². The number of nitrogens with zero attached hydrogens (tertiary/aromatic N) is 2. The number of hydrogen-bond donors (Lipinski definition) is 0. The second-order valence-electron chi connectivity index (χ2n) is 8.75. The fraction of sp³-hybridized carbons (Fsp3) is 0.667. The number of benzene rings is 1. The van der Waals surface area contributed by atoms with Gasteiger partial charge in [0, 0.05) is 37.3 Å². The van der Waals surface area contributed by atoms with Gasteiger partial charge in [-0.25, -0.2) is 8.42 Å². The minimum Gasteiger partial charge on any atom is -0.378 e. The SMILES string of the molecule is CN(C1CCC(OCCCCCCN2CC=CCC2)CC1)S(=O)(=O)c1ccc(Br)cc1. The van der Waals surface area contributed by atoms with Crippen molar-refractivity contribution in [3.63, 3.8) is 0 Å². The molecule has 31 heavy (non-hydrogen) atoms. The maximum absolute atomic E-state index is 12.9. The Hall–Kier alpha value is -0.730. The summed E-state index contributed by atoms with van der Waals surface area (Å²) < 4.78 is 34.3. The molecule has 1 aliphatic heterocycles. The summed E-state index contributed by atoms with van der Waals surface area (Å²) in [6.07, 6.45) is 14.5. The number of unbranched alkanes of at least 4 members (excludes halogenated alkanes) is 3. The van der Waals surface area contributed by atoms with Crippen LogP contribution >= 0.6 is 15.9 Å². The Balaban J connectivity index is 1.29. The summed E-state index contributed by atoms with van der Waals surface area (Å²) in [5, 5.41) is 0. The van der Waals surface area contributed by atoms with Crippen LogP contribution in [0, 0.1) is 0 Å². The lowest BCUT2D eigenvalue weighted by Crippen LogP contribution is -2.40. The first-order valence-corrected chi connectivity index (χ1v) is 13.9. The molecule has 5 nitrogen and oxygen atoms in total. The number of ether oxygens (including phenoxy) is 1. The lowest BCUT2D eigenvalue weighted by molar-refractivity contribution is 0.0156. The molecule has 0 bridgehead atoms. The van der Waals surface area contributed by atoms with Crippen molar-refractivity contribution in [2.24, 2.45) is 0 Å². The van der Waals surface area contributed by atoms with Gasteiger partial charge in [0.25, 0.3) is 0 Å². The molecule has 2 aliphatic rings. The smallest absolute Gasteiger partial charge is 0.243 e. The van der Waals surface area contributed by atoms with Gasteiger partial charge in [0.1, 0.15) is 0 Å². The fourth-order valence-electron chi connectivity index (χ4n) is 4.48. The minimum atomic E-state index is -3.45. The zero-order valence-corrected chi connectivity index (χ0v) is 21.1. The maximum Gasteiger partial charge on any atom is 0.243 e. The van der Waals surface area contributed by atoms with Gasteiger partial charge in [0.2, 0.25) is 10.0 Å². The van der Waals surface area contributed by atoms with Crippen LogP contribution in [0.15, 0.2) is 45.8 Å². The Morgan fingerprint density at radius 1 is 1.03 bits per heavy atom. The topological polar surface area (TPSA) is 49.9 Å². The average Bonchev–Trinajstić information content (AvgIpc) is 2.79. The van der Waals surface area contributed by atoms with E-state index in [2.05, 4.69) is 33.0 Å². The number of hydrogen-bond acceptors (Lipinski definition) is 4. The maximum atomic E-state index is 12.9. The van der Waals surface area contributed by atoms with Crippen molar-refractivity contribution >= 4 is 26.0 Å². The highest BCUT2D eigenvalue weighted by Gasteiger charge is 2.31. The molecule has 7 heteroatoms. The molecule has 1 heterocycles. The third-order valence-electron chi connectivity index (χ3n) is 6.51. The van der Waals surface area contributed by atoms with Gasteiger partial charge < -0.3 is 4.74 Å². The first-order chi connectivity index (χ1) is 15.0. The summed E-state index contributed by atoms with van der Waals surface area (Å²) in [7, 11) is -1.73. The lowest BCUT2D eigenvalue weighted by atomic mass is 9.93. The Morgan fingerprint density at radius 3 is 2.42 bits per heavy atom. The largest absolute Gasteiger partial charge is 0.378 e. The predicted octanol–water partition coefficient (Wildman–Crippen LogP) is 5.22. The van der Waals surface area contributed by atoms with Crippen LogP contribution < -0.4 is 0 Å². The Kier molecular flexibility index (Phi) is 10.0. The van der Waals surface area contributed by atoms with Gasteiger partial charge in [-0.1, -0.05) is 40.9 Å². The molecule has 1 aromatic rings. The molecule has 1 aliphatic carbocycles. The number of rotatable bonds is 11. The predicted molar refractivity (Wildman–Crippen MR) is 130 cm³/mol. The molecule has 0 spiro atoms. The fourth-order valence-corrected chi connectivity index (χ4v) is 6.16. The van der Waals surface area contributed by atoms with E-state index in [0.717, 1.165) is 49.7 Å². The quantitative estimate of drug-likeness (QED) is 0.301. The highest BCUT2D eigenvalue weighted by molar-refractivity contribution is 9.10. The number of sulfonamides is 1. The summed E-state index contributed by atoms with van der Waals surface area (Å²) in [4.78, 5) is 2.89. The second kappa shape index (κ2) is 12.5. The standard InChI is InChI=1S/C24H37BrN2O3S/c1-26(31(28,29)24-15-9-21(25)10-16-24)22-11-13-23(14-12-22)30-20-8-3-2-5-17-27-18-6-4-7-19-27/h4,6,9-10,15-16,22-23H,2-3,5,7-8,11-14,17-20H2,1H3. The molecule has 0 atom stereocenters. The van der Waals surface area contributed by atoms with E-state index in [1.54, 1.807) is 35.6 Å². The molecule has 1 saturated carbocycles. The highest BCUT2D eigenvalue weighted by atomic mass is 79.9. The molecule has 0 N–H and O–H groups in total. The molecule has 3 rings (SSSR count). The monoisotopic (exact) mass is 512 g/mol. The van der Waals surface area contributed by atoms with E-state index in [-0.39, 0.29) is 12.1 Å².